The van der Waals surface area contributed by atoms with Crippen molar-refractivity contribution in [1.82, 2.24) is 5.32 Å². The SMILES string of the molecule is CC1CC=CC2CCNCC12. The zero-order valence-electron chi connectivity index (χ0n) is 7.22. The lowest BCUT2D eigenvalue weighted by molar-refractivity contribution is 0.212. The van der Waals surface area contributed by atoms with Gasteiger partial charge in [-0.1, -0.05) is 19.1 Å². The van der Waals surface area contributed by atoms with Crippen LogP contribution in [0.4, 0.5) is 0 Å². The van der Waals surface area contributed by atoms with E-state index in [9.17, 15) is 0 Å². The average molecular weight is 151 g/mol. The Bertz CT molecular complexity index is 162. The topological polar surface area (TPSA) is 12.0 Å². The lowest BCUT2D eigenvalue weighted by Crippen LogP contribution is -2.40. The molecule has 0 aromatic rings. The number of nitrogens with one attached hydrogen (secondary N) is 1. The maximum absolute atomic E-state index is 3.48. The van der Waals surface area contributed by atoms with Gasteiger partial charge in [0.1, 0.15) is 0 Å². The second-order valence-corrected chi connectivity index (χ2v) is 3.96. The number of rotatable bonds is 0. The summed E-state index contributed by atoms with van der Waals surface area (Å²) >= 11 is 0. The molecular formula is C10H17N. The molecule has 1 N–H and O–H groups in total. The van der Waals surface area contributed by atoms with Crippen molar-refractivity contribution in [1.29, 1.82) is 0 Å². The fourth-order valence-electron chi connectivity index (χ4n) is 2.41. The van der Waals surface area contributed by atoms with E-state index in [1.54, 1.807) is 0 Å². The standard InChI is InChI=1S/C10H17N/c1-8-3-2-4-9-5-6-11-7-10(8)9/h2,4,8-11H,3,5-7H2,1H3. The zero-order valence-corrected chi connectivity index (χ0v) is 7.22. The van der Waals surface area contributed by atoms with Crippen molar-refractivity contribution in [3.05, 3.63) is 12.2 Å². The van der Waals surface area contributed by atoms with Gasteiger partial charge in [0.15, 0.2) is 0 Å². The lowest BCUT2D eigenvalue weighted by Gasteiger charge is -2.36. The van der Waals surface area contributed by atoms with Crippen molar-refractivity contribution in [2.45, 2.75) is 19.8 Å². The van der Waals surface area contributed by atoms with Crippen LogP contribution in [0, 0.1) is 17.8 Å². The largest absolute Gasteiger partial charge is 0.316 e. The molecule has 0 aromatic carbocycles. The van der Waals surface area contributed by atoms with Gasteiger partial charge in [0.2, 0.25) is 0 Å². The first-order valence-electron chi connectivity index (χ1n) is 4.75. The highest BCUT2D eigenvalue weighted by Crippen LogP contribution is 2.33. The smallest absolute Gasteiger partial charge is 0.00122 e. The third-order valence-corrected chi connectivity index (χ3v) is 3.21. The molecule has 1 aliphatic heterocycles. The highest BCUT2D eigenvalue weighted by Gasteiger charge is 2.29. The Labute approximate surface area is 68.9 Å². The first-order valence-corrected chi connectivity index (χ1v) is 4.75. The monoisotopic (exact) mass is 151 g/mol. The Morgan fingerprint density at radius 3 is 3.18 bits per heavy atom. The van der Waals surface area contributed by atoms with E-state index in [1.165, 1.54) is 25.9 Å². The number of hydrogen-bond acceptors (Lipinski definition) is 1. The highest BCUT2D eigenvalue weighted by atomic mass is 14.9. The molecule has 3 atom stereocenters. The molecule has 1 aliphatic carbocycles. The summed E-state index contributed by atoms with van der Waals surface area (Å²) in [5, 5.41) is 3.48. The molecule has 62 valence electrons. The Morgan fingerprint density at radius 1 is 1.45 bits per heavy atom. The highest BCUT2D eigenvalue weighted by molar-refractivity contribution is 5.01. The summed E-state index contributed by atoms with van der Waals surface area (Å²) in [6.07, 6.45) is 7.46. The number of hydrogen-bond donors (Lipinski definition) is 1. The van der Waals surface area contributed by atoms with E-state index >= 15 is 0 Å². The molecule has 0 saturated carbocycles. The van der Waals surface area contributed by atoms with Crippen molar-refractivity contribution >= 4 is 0 Å². The van der Waals surface area contributed by atoms with Crippen LogP contribution in [0.15, 0.2) is 12.2 Å². The van der Waals surface area contributed by atoms with Gasteiger partial charge in [-0.15, -0.1) is 0 Å². The van der Waals surface area contributed by atoms with Gasteiger partial charge in [0.05, 0.1) is 0 Å². The van der Waals surface area contributed by atoms with E-state index in [2.05, 4.69) is 24.4 Å². The van der Waals surface area contributed by atoms with Gasteiger partial charge in [0, 0.05) is 0 Å². The Kier molecular flexibility index (Phi) is 1.99. The molecule has 1 heteroatoms. The third kappa shape index (κ3) is 1.34. The van der Waals surface area contributed by atoms with Gasteiger partial charge in [0.25, 0.3) is 0 Å². The summed E-state index contributed by atoms with van der Waals surface area (Å²) in [5.74, 6) is 2.71. The minimum Gasteiger partial charge on any atom is -0.316 e. The first kappa shape index (κ1) is 7.35. The fraction of sp³-hybridized carbons (Fsp3) is 0.800. The van der Waals surface area contributed by atoms with Crippen LogP contribution < -0.4 is 5.32 Å². The summed E-state index contributed by atoms with van der Waals surface area (Å²) in [4.78, 5) is 0. The van der Waals surface area contributed by atoms with Crippen LogP contribution >= 0.6 is 0 Å². The molecule has 1 saturated heterocycles. The molecule has 1 nitrogen and oxygen atoms in total. The van der Waals surface area contributed by atoms with Crippen molar-refractivity contribution in [3.8, 4) is 0 Å². The lowest BCUT2D eigenvalue weighted by atomic mass is 9.74. The van der Waals surface area contributed by atoms with Crippen molar-refractivity contribution in [3.63, 3.8) is 0 Å². The van der Waals surface area contributed by atoms with E-state index in [-0.39, 0.29) is 0 Å². The Hall–Kier alpha value is -0.300. The van der Waals surface area contributed by atoms with E-state index in [0.29, 0.717) is 0 Å². The van der Waals surface area contributed by atoms with Crippen LogP contribution in [-0.4, -0.2) is 13.1 Å². The molecule has 0 amide bonds. The predicted molar refractivity (Wildman–Crippen MR) is 47.4 cm³/mol. The molecule has 0 aromatic heterocycles. The van der Waals surface area contributed by atoms with Crippen LogP contribution in [0.1, 0.15) is 19.8 Å². The molecule has 3 unspecified atom stereocenters. The van der Waals surface area contributed by atoms with E-state index in [4.69, 9.17) is 0 Å². The Balaban J connectivity index is 2.09. The van der Waals surface area contributed by atoms with Gasteiger partial charge in [-0.05, 0) is 43.7 Å². The molecular weight excluding hydrogens is 134 g/mol. The maximum Gasteiger partial charge on any atom is -0.00122 e. The molecule has 2 rings (SSSR count). The molecule has 0 radical (unpaired) electrons. The van der Waals surface area contributed by atoms with Gasteiger partial charge >= 0.3 is 0 Å². The second-order valence-electron chi connectivity index (χ2n) is 3.96. The van der Waals surface area contributed by atoms with Crippen LogP contribution in [0.25, 0.3) is 0 Å². The summed E-state index contributed by atoms with van der Waals surface area (Å²) in [6, 6.07) is 0. The number of allylic oxidation sites excluding steroid dienone is 2. The summed E-state index contributed by atoms with van der Waals surface area (Å²) in [5.41, 5.74) is 0. The van der Waals surface area contributed by atoms with Crippen LogP contribution in [0.3, 0.4) is 0 Å². The van der Waals surface area contributed by atoms with E-state index in [0.717, 1.165) is 17.8 Å². The summed E-state index contributed by atoms with van der Waals surface area (Å²) in [6.45, 7) is 4.85. The normalized spacial score (nSPS) is 43.5. The summed E-state index contributed by atoms with van der Waals surface area (Å²) in [7, 11) is 0. The molecule has 11 heavy (non-hydrogen) atoms. The fourth-order valence-corrected chi connectivity index (χ4v) is 2.41. The minimum absolute atomic E-state index is 0.889. The second kappa shape index (κ2) is 2.98. The molecule has 0 bridgehead atoms. The molecule has 2 aliphatic rings. The number of piperidine rings is 1. The van der Waals surface area contributed by atoms with Gasteiger partial charge in [-0.3, -0.25) is 0 Å². The summed E-state index contributed by atoms with van der Waals surface area (Å²) < 4.78 is 0. The number of fused-ring (bicyclic) bond motifs is 1. The quantitative estimate of drug-likeness (QED) is 0.521. The van der Waals surface area contributed by atoms with Crippen LogP contribution in [0.5, 0.6) is 0 Å². The maximum atomic E-state index is 3.48. The zero-order chi connectivity index (χ0) is 7.68. The minimum atomic E-state index is 0.889. The van der Waals surface area contributed by atoms with E-state index in [1.807, 2.05) is 0 Å². The van der Waals surface area contributed by atoms with Crippen LogP contribution in [-0.2, 0) is 0 Å². The van der Waals surface area contributed by atoms with Gasteiger partial charge < -0.3 is 5.32 Å². The molecule has 1 heterocycles. The average Bonchev–Trinajstić information content (AvgIpc) is 2.06. The predicted octanol–water partition coefficient (Wildman–Crippen LogP) is 1.81. The molecule has 1 fully saturated rings. The van der Waals surface area contributed by atoms with Crippen molar-refractivity contribution < 1.29 is 0 Å². The Morgan fingerprint density at radius 2 is 2.36 bits per heavy atom. The van der Waals surface area contributed by atoms with Crippen LogP contribution in [0.2, 0.25) is 0 Å². The van der Waals surface area contributed by atoms with E-state index < -0.39 is 0 Å². The first-order chi connectivity index (χ1) is 5.38. The van der Waals surface area contributed by atoms with Gasteiger partial charge in [-0.25, -0.2) is 0 Å². The van der Waals surface area contributed by atoms with Gasteiger partial charge in [-0.2, -0.15) is 0 Å². The van der Waals surface area contributed by atoms with Crippen molar-refractivity contribution in [2.75, 3.05) is 13.1 Å². The third-order valence-electron chi connectivity index (χ3n) is 3.21. The molecule has 0 spiro atoms. The van der Waals surface area contributed by atoms with Crippen molar-refractivity contribution in [2.24, 2.45) is 17.8 Å².